The van der Waals surface area contributed by atoms with Crippen LogP contribution in [-0.2, 0) is 6.54 Å². The lowest BCUT2D eigenvalue weighted by Gasteiger charge is -2.13. The van der Waals surface area contributed by atoms with E-state index in [1.54, 1.807) is 6.07 Å². The van der Waals surface area contributed by atoms with Gasteiger partial charge in [0.2, 0.25) is 0 Å². The average Bonchev–Trinajstić information content (AvgIpc) is 3.08. The maximum absolute atomic E-state index is 15.0. The number of halogens is 5. The van der Waals surface area contributed by atoms with Crippen molar-refractivity contribution >= 4 is 35.1 Å². The summed E-state index contributed by atoms with van der Waals surface area (Å²) in [6.07, 6.45) is -2.86. The highest BCUT2D eigenvalue weighted by atomic mass is 35.5. The Labute approximate surface area is 183 Å². The summed E-state index contributed by atoms with van der Waals surface area (Å²) < 4.78 is 46.4. The van der Waals surface area contributed by atoms with Crippen LogP contribution in [0.5, 0.6) is 11.5 Å². The Morgan fingerprint density at radius 3 is 2.68 bits per heavy atom. The van der Waals surface area contributed by atoms with Gasteiger partial charge in [-0.15, -0.1) is 0 Å². The van der Waals surface area contributed by atoms with Crippen molar-refractivity contribution in [3.8, 4) is 17.6 Å². The number of hydrogen-bond acceptors (Lipinski definition) is 5. The number of imidazole rings is 1. The number of nitriles is 1. The number of alkyl halides is 2. The molecule has 2 aromatic carbocycles. The Balaban J connectivity index is 1.84. The van der Waals surface area contributed by atoms with Gasteiger partial charge in [-0.25, -0.2) is 18.2 Å². The summed E-state index contributed by atoms with van der Waals surface area (Å²) in [4.78, 5) is 18.3. The number of nitrogens with one attached hydrogen (secondary N) is 2. The number of rotatable bonds is 6. The number of nitrogens with two attached hydrogens (primary N) is 1. The van der Waals surface area contributed by atoms with Crippen LogP contribution in [-0.4, -0.2) is 15.9 Å². The Bertz CT molecular complexity index is 1190. The van der Waals surface area contributed by atoms with Crippen LogP contribution in [0.25, 0.3) is 0 Å². The first-order valence-electron chi connectivity index (χ1n) is 8.46. The number of aromatic amines is 1. The Hall–Kier alpha value is -3.42. The third-order valence-electron chi connectivity index (χ3n) is 3.99. The molecule has 3 aromatic rings. The number of benzene rings is 2. The van der Waals surface area contributed by atoms with Crippen LogP contribution >= 0.6 is 23.2 Å². The van der Waals surface area contributed by atoms with Crippen molar-refractivity contribution in [1.29, 1.82) is 5.26 Å². The highest BCUT2D eigenvalue weighted by Crippen LogP contribution is 2.35. The van der Waals surface area contributed by atoms with E-state index in [2.05, 4.69) is 15.3 Å². The van der Waals surface area contributed by atoms with Gasteiger partial charge >= 0.3 is 0 Å². The molecule has 0 fully saturated rings. The summed E-state index contributed by atoms with van der Waals surface area (Å²) >= 11 is 11.8. The van der Waals surface area contributed by atoms with Crippen molar-refractivity contribution in [3.63, 3.8) is 0 Å². The molecule has 1 aromatic heterocycles. The third kappa shape index (κ3) is 5.02. The molecule has 0 spiro atoms. The van der Waals surface area contributed by atoms with Crippen LogP contribution in [0.3, 0.4) is 0 Å². The predicted octanol–water partition coefficient (Wildman–Crippen LogP) is 4.97. The van der Waals surface area contributed by atoms with Gasteiger partial charge in [-0.1, -0.05) is 29.3 Å². The number of nitrogen functional groups attached to an aromatic ring is 1. The molecular weight excluding hydrogens is 458 g/mol. The van der Waals surface area contributed by atoms with Gasteiger partial charge in [0.05, 0.1) is 16.7 Å². The summed E-state index contributed by atoms with van der Waals surface area (Å²) in [5.74, 6) is -2.35. The number of H-pyrrole nitrogens is 1. The fourth-order valence-electron chi connectivity index (χ4n) is 2.57. The van der Waals surface area contributed by atoms with E-state index in [9.17, 15) is 18.0 Å². The lowest BCUT2D eigenvalue weighted by molar-refractivity contribution is 0.0946. The molecule has 0 atom stereocenters. The van der Waals surface area contributed by atoms with Gasteiger partial charge in [-0.3, -0.25) is 4.79 Å². The van der Waals surface area contributed by atoms with E-state index in [0.717, 1.165) is 12.1 Å². The number of amides is 1. The van der Waals surface area contributed by atoms with Crippen molar-refractivity contribution in [2.75, 3.05) is 5.73 Å². The van der Waals surface area contributed by atoms with Crippen molar-refractivity contribution in [3.05, 3.63) is 68.7 Å². The number of ether oxygens (including phenoxy) is 1. The SMILES string of the molecule is N#Cc1cc(Oc2c(Cl)ccc(CNC(=O)c3nc(N)[nH]c3Cl)c2F)cc(C(F)F)c1. The quantitative estimate of drug-likeness (QED) is 0.471. The van der Waals surface area contributed by atoms with Gasteiger partial charge in [-0.2, -0.15) is 5.26 Å². The highest BCUT2D eigenvalue weighted by molar-refractivity contribution is 6.32. The van der Waals surface area contributed by atoms with Crippen LogP contribution in [0.1, 0.15) is 33.6 Å². The van der Waals surface area contributed by atoms with E-state index in [1.165, 1.54) is 18.2 Å². The maximum Gasteiger partial charge on any atom is 0.273 e. The number of carbonyl (C=O) groups is 1. The van der Waals surface area contributed by atoms with Crippen LogP contribution in [0.4, 0.5) is 19.1 Å². The van der Waals surface area contributed by atoms with E-state index in [4.69, 9.17) is 38.9 Å². The van der Waals surface area contributed by atoms with Crippen LogP contribution in [0, 0.1) is 17.1 Å². The van der Waals surface area contributed by atoms with Crippen molar-refractivity contribution in [2.24, 2.45) is 0 Å². The Kier molecular flexibility index (Phi) is 6.58. The number of nitrogens with zero attached hydrogens (tertiary/aromatic N) is 2. The van der Waals surface area contributed by atoms with Gasteiger partial charge in [-0.05, 0) is 24.3 Å². The molecule has 4 N–H and O–H groups in total. The van der Waals surface area contributed by atoms with E-state index in [1.807, 2.05) is 0 Å². The summed E-state index contributed by atoms with van der Waals surface area (Å²) in [5.41, 5.74) is 4.67. The summed E-state index contributed by atoms with van der Waals surface area (Å²) in [7, 11) is 0. The summed E-state index contributed by atoms with van der Waals surface area (Å²) in [6, 6.07) is 7.48. The summed E-state index contributed by atoms with van der Waals surface area (Å²) in [5, 5.41) is 11.2. The molecule has 31 heavy (non-hydrogen) atoms. The molecule has 0 bridgehead atoms. The van der Waals surface area contributed by atoms with Crippen molar-refractivity contribution in [1.82, 2.24) is 15.3 Å². The Morgan fingerprint density at radius 2 is 2.06 bits per heavy atom. The molecule has 0 aliphatic heterocycles. The minimum absolute atomic E-state index is 0.0158. The topological polar surface area (TPSA) is 117 Å². The van der Waals surface area contributed by atoms with Gasteiger partial charge < -0.3 is 20.8 Å². The third-order valence-corrected chi connectivity index (χ3v) is 4.56. The molecular formula is C19H12Cl2F3N5O2. The van der Waals surface area contributed by atoms with E-state index >= 15 is 0 Å². The number of hydrogen-bond donors (Lipinski definition) is 3. The highest BCUT2D eigenvalue weighted by Gasteiger charge is 2.19. The smallest absolute Gasteiger partial charge is 0.273 e. The molecule has 0 unspecified atom stereocenters. The van der Waals surface area contributed by atoms with Crippen LogP contribution in [0.15, 0.2) is 30.3 Å². The molecule has 0 aliphatic rings. The van der Waals surface area contributed by atoms with Gasteiger partial charge in [0.15, 0.2) is 23.2 Å². The normalized spacial score (nSPS) is 10.7. The van der Waals surface area contributed by atoms with Gasteiger partial charge in [0, 0.05) is 17.7 Å². The Morgan fingerprint density at radius 1 is 1.32 bits per heavy atom. The molecule has 1 heterocycles. The zero-order chi connectivity index (χ0) is 22.7. The molecule has 0 aliphatic carbocycles. The van der Waals surface area contributed by atoms with Crippen LogP contribution < -0.4 is 15.8 Å². The standard InChI is InChI=1S/C19H12Cl2F3N5O2/c20-12-2-1-9(7-27-18(30)14-16(21)29-19(26)28-14)13(22)15(12)31-11-4-8(6-25)3-10(5-11)17(23)24/h1-5,17H,7H2,(H,27,30)(H3,26,28,29). The number of anilines is 1. The number of carbonyl (C=O) groups excluding carboxylic acids is 1. The fraction of sp³-hybridized carbons (Fsp3) is 0.105. The first-order valence-corrected chi connectivity index (χ1v) is 9.22. The predicted molar refractivity (Wildman–Crippen MR) is 107 cm³/mol. The van der Waals surface area contributed by atoms with Crippen molar-refractivity contribution in [2.45, 2.75) is 13.0 Å². The lowest BCUT2D eigenvalue weighted by atomic mass is 10.1. The second-order valence-electron chi connectivity index (χ2n) is 6.12. The second kappa shape index (κ2) is 9.16. The minimum atomic E-state index is -2.86. The minimum Gasteiger partial charge on any atom is -0.453 e. The lowest BCUT2D eigenvalue weighted by Crippen LogP contribution is -2.24. The maximum atomic E-state index is 15.0. The molecule has 1 amide bonds. The van der Waals surface area contributed by atoms with Gasteiger partial charge in [0.1, 0.15) is 10.9 Å². The molecule has 7 nitrogen and oxygen atoms in total. The fourth-order valence-corrected chi connectivity index (χ4v) is 2.98. The molecule has 160 valence electrons. The van der Waals surface area contributed by atoms with Crippen molar-refractivity contribution < 1.29 is 22.7 Å². The average molecular weight is 470 g/mol. The largest absolute Gasteiger partial charge is 0.453 e. The molecule has 3 rings (SSSR count). The van der Waals surface area contributed by atoms with E-state index in [-0.39, 0.29) is 45.2 Å². The number of aromatic nitrogens is 2. The van der Waals surface area contributed by atoms with E-state index in [0.29, 0.717) is 0 Å². The zero-order valence-corrected chi connectivity index (χ0v) is 16.9. The van der Waals surface area contributed by atoms with Gasteiger partial charge in [0.25, 0.3) is 12.3 Å². The molecule has 0 saturated carbocycles. The summed E-state index contributed by atoms with van der Waals surface area (Å²) in [6.45, 7) is -0.290. The van der Waals surface area contributed by atoms with E-state index < -0.39 is 29.5 Å². The monoisotopic (exact) mass is 469 g/mol. The molecule has 12 heteroatoms. The zero-order valence-electron chi connectivity index (χ0n) is 15.3. The first kappa shape index (κ1) is 22.3. The second-order valence-corrected chi connectivity index (χ2v) is 6.91. The molecule has 0 saturated heterocycles. The first-order chi connectivity index (χ1) is 14.7. The van der Waals surface area contributed by atoms with Crippen LogP contribution in [0.2, 0.25) is 10.2 Å². The molecule has 0 radical (unpaired) electrons.